The summed E-state index contributed by atoms with van der Waals surface area (Å²) in [5, 5.41) is 2.81. The molecule has 1 aromatic rings. The second-order valence-corrected chi connectivity index (χ2v) is 5.68. The highest BCUT2D eigenvalue weighted by atomic mass is 16.8. The Morgan fingerprint density at radius 3 is 2.76 bits per heavy atom. The third-order valence-electron chi connectivity index (χ3n) is 3.52. The Hall–Kier alpha value is -1.85. The topological polar surface area (TPSA) is 56.8 Å². The molecule has 1 saturated heterocycles. The highest BCUT2D eigenvalue weighted by Crippen LogP contribution is 2.34. The molecule has 0 radical (unpaired) electrons. The number of ether oxygens (including phenoxy) is 3. The number of amides is 1. The van der Waals surface area contributed by atoms with E-state index in [1.165, 1.54) is 0 Å². The fourth-order valence-corrected chi connectivity index (χ4v) is 2.61. The summed E-state index contributed by atoms with van der Waals surface area (Å²) in [5.41, 5.74) is 0.953. The van der Waals surface area contributed by atoms with Gasteiger partial charge in [0, 0.05) is 0 Å². The average molecular weight is 289 g/mol. The number of carbonyl (C=O) groups excluding carboxylic acids is 1. The third-order valence-corrected chi connectivity index (χ3v) is 3.52. The van der Waals surface area contributed by atoms with E-state index in [9.17, 15) is 4.79 Å². The Balaban J connectivity index is 1.51. The van der Waals surface area contributed by atoms with Crippen molar-refractivity contribution in [2.24, 2.45) is 0 Å². The highest BCUT2D eigenvalue weighted by molar-refractivity contribution is 5.68. The molecule has 1 fully saturated rings. The number of hydrogen-bond acceptors (Lipinski definition) is 4. The van der Waals surface area contributed by atoms with Crippen LogP contribution in [-0.4, -0.2) is 30.1 Å². The first-order chi connectivity index (χ1) is 10.0. The van der Waals surface area contributed by atoms with Gasteiger partial charge in [0.15, 0.2) is 5.79 Å². The van der Waals surface area contributed by atoms with Gasteiger partial charge in [-0.3, -0.25) is 0 Å². The van der Waals surface area contributed by atoms with Crippen LogP contribution >= 0.6 is 0 Å². The van der Waals surface area contributed by atoms with Crippen LogP contribution in [0.5, 0.6) is 0 Å². The van der Waals surface area contributed by atoms with Crippen LogP contribution in [0, 0.1) is 0 Å². The van der Waals surface area contributed by atoms with Crippen molar-refractivity contribution in [3.8, 4) is 0 Å². The molecule has 2 aliphatic rings. The molecule has 3 atom stereocenters. The number of benzene rings is 1. The third kappa shape index (κ3) is 3.25. The molecule has 0 saturated carbocycles. The smallest absolute Gasteiger partial charge is 0.408 e. The first-order valence-electron chi connectivity index (χ1n) is 7.05. The van der Waals surface area contributed by atoms with E-state index in [1.54, 1.807) is 0 Å². The van der Waals surface area contributed by atoms with Crippen LogP contribution < -0.4 is 5.32 Å². The molecule has 0 bridgehead atoms. The van der Waals surface area contributed by atoms with Crippen LogP contribution in [0.4, 0.5) is 4.79 Å². The average Bonchev–Trinajstić information content (AvgIpc) is 2.94. The minimum atomic E-state index is -0.617. The SMILES string of the molecule is CC1(C)OC2C=CC(NC(=O)OCc3ccccc3)C2O1. The van der Waals surface area contributed by atoms with Crippen molar-refractivity contribution in [1.29, 1.82) is 0 Å². The number of fused-ring (bicyclic) bond motifs is 1. The largest absolute Gasteiger partial charge is 0.445 e. The molecule has 3 unspecified atom stereocenters. The van der Waals surface area contributed by atoms with Gasteiger partial charge in [-0.1, -0.05) is 42.5 Å². The van der Waals surface area contributed by atoms with Crippen LogP contribution in [0.3, 0.4) is 0 Å². The lowest BCUT2D eigenvalue weighted by molar-refractivity contribution is -0.145. The number of nitrogens with one attached hydrogen (secondary N) is 1. The van der Waals surface area contributed by atoms with Gasteiger partial charge in [0.05, 0.1) is 6.04 Å². The van der Waals surface area contributed by atoms with E-state index in [4.69, 9.17) is 14.2 Å². The fourth-order valence-electron chi connectivity index (χ4n) is 2.61. The van der Waals surface area contributed by atoms with Gasteiger partial charge in [0.2, 0.25) is 0 Å². The lowest BCUT2D eigenvalue weighted by Gasteiger charge is -2.21. The second-order valence-electron chi connectivity index (χ2n) is 5.68. The summed E-state index contributed by atoms with van der Waals surface area (Å²) >= 11 is 0. The van der Waals surface area contributed by atoms with Crippen molar-refractivity contribution < 1.29 is 19.0 Å². The monoisotopic (exact) mass is 289 g/mol. The van der Waals surface area contributed by atoms with Crippen molar-refractivity contribution in [3.05, 3.63) is 48.0 Å². The van der Waals surface area contributed by atoms with E-state index in [0.717, 1.165) is 5.56 Å². The standard InChI is InChI=1S/C16H19NO4/c1-16(2)20-13-9-8-12(14(13)21-16)17-15(18)19-10-11-6-4-3-5-7-11/h3-9,12-14H,10H2,1-2H3,(H,17,18). The van der Waals surface area contributed by atoms with Crippen molar-refractivity contribution in [2.75, 3.05) is 0 Å². The lowest BCUT2D eigenvalue weighted by atomic mass is 10.2. The van der Waals surface area contributed by atoms with E-state index < -0.39 is 11.9 Å². The molecule has 0 spiro atoms. The highest BCUT2D eigenvalue weighted by Gasteiger charge is 2.46. The molecular formula is C16H19NO4. The summed E-state index contributed by atoms with van der Waals surface area (Å²) in [7, 11) is 0. The molecule has 5 heteroatoms. The molecule has 0 aromatic heterocycles. The quantitative estimate of drug-likeness (QED) is 0.868. The summed E-state index contributed by atoms with van der Waals surface area (Å²) in [6, 6.07) is 9.34. The molecule has 112 valence electrons. The Kier molecular flexibility index (Phi) is 3.69. The Bertz CT molecular complexity index is 540. The van der Waals surface area contributed by atoms with Gasteiger partial charge in [-0.25, -0.2) is 4.79 Å². The molecule has 1 N–H and O–H groups in total. The molecular weight excluding hydrogens is 270 g/mol. The van der Waals surface area contributed by atoms with Crippen LogP contribution in [-0.2, 0) is 20.8 Å². The first kappa shape index (κ1) is 14.1. The van der Waals surface area contributed by atoms with Gasteiger partial charge in [0.25, 0.3) is 0 Å². The molecule has 1 aromatic carbocycles. The molecule has 1 aliphatic carbocycles. The van der Waals surface area contributed by atoms with Gasteiger partial charge >= 0.3 is 6.09 Å². The summed E-state index contributed by atoms with van der Waals surface area (Å²) in [5.74, 6) is -0.617. The van der Waals surface area contributed by atoms with Gasteiger partial charge in [-0.2, -0.15) is 0 Å². The molecule has 1 amide bonds. The summed E-state index contributed by atoms with van der Waals surface area (Å²) in [6.45, 7) is 3.98. The Labute approximate surface area is 123 Å². The second kappa shape index (κ2) is 5.50. The van der Waals surface area contributed by atoms with E-state index in [-0.39, 0.29) is 24.9 Å². The van der Waals surface area contributed by atoms with Crippen LogP contribution in [0.15, 0.2) is 42.5 Å². The maximum Gasteiger partial charge on any atom is 0.408 e. The molecule has 1 heterocycles. The van der Waals surface area contributed by atoms with E-state index in [0.29, 0.717) is 0 Å². The van der Waals surface area contributed by atoms with Crippen molar-refractivity contribution in [1.82, 2.24) is 5.32 Å². The normalized spacial score (nSPS) is 29.1. The summed E-state index contributed by atoms with van der Waals surface area (Å²) in [6.07, 6.45) is 3.04. The predicted octanol–water partition coefficient (Wildman–Crippen LogP) is 2.37. The number of rotatable bonds is 3. The maximum atomic E-state index is 11.9. The zero-order valence-electron chi connectivity index (χ0n) is 12.1. The molecule has 3 rings (SSSR count). The Morgan fingerprint density at radius 1 is 1.24 bits per heavy atom. The van der Waals surface area contributed by atoms with E-state index >= 15 is 0 Å². The van der Waals surface area contributed by atoms with Crippen molar-refractivity contribution in [3.63, 3.8) is 0 Å². The predicted molar refractivity (Wildman–Crippen MR) is 76.5 cm³/mol. The van der Waals surface area contributed by atoms with Gasteiger partial charge in [-0.15, -0.1) is 0 Å². The number of hydrogen-bond donors (Lipinski definition) is 1. The van der Waals surface area contributed by atoms with Crippen LogP contribution in [0.25, 0.3) is 0 Å². The fraction of sp³-hybridized carbons (Fsp3) is 0.438. The maximum absolute atomic E-state index is 11.9. The molecule has 1 aliphatic heterocycles. The van der Waals surface area contributed by atoms with E-state index in [2.05, 4.69) is 5.32 Å². The molecule has 21 heavy (non-hydrogen) atoms. The first-order valence-corrected chi connectivity index (χ1v) is 7.05. The number of carbonyl (C=O) groups is 1. The zero-order chi connectivity index (χ0) is 14.9. The minimum Gasteiger partial charge on any atom is -0.445 e. The summed E-state index contributed by atoms with van der Waals surface area (Å²) in [4.78, 5) is 11.9. The lowest BCUT2D eigenvalue weighted by Crippen LogP contribution is -2.43. The minimum absolute atomic E-state index is 0.112. The van der Waals surface area contributed by atoms with Gasteiger partial charge in [0.1, 0.15) is 18.8 Å². The summed E-state index contributed by atoms with van der Waals surface area (Å²) < 4.78 is 16.7. The van der Waals surface area contributed by atoms with Crippen LogP contribution in [0.2, 0.25) is 0 Å². The van der Waals surface area contributed by atoms with E-state index in [1.807, 2.05) is 56.3 Å². The van der Waals surface area contributed by atoms with Crippen molar-refractivity contribution >= 4 is 6.09 Å². The Morgan fingerprint density at radius 2 is 2.00 bits per heavy atom. The van der Waals surface area contributed by atoms with Gasteiger partial charge in [-0.05, 0) is 19.4 Å². The van der Waals surface area contributed by atoms with Crippen molar-refractivity contribution in [2.45, 2.75) is 44.5 Å². The molecule has 5 nitrogen and oxygen atoms in total. The van der Waals surface area contributed by atoms with Gasteiger partial charge < -0.3 is 19.5 Å². The van der Waals surface area contributed by atoms with Crippen LogP contribution in [0.1, 0.15) is 19.4 Å². The number of alkyl carbamates (subject to hydrolysis) is 1. The zero-order valence-corrected chi connectivity index (χ0v) is 12.1.